The van der Waals surface area contributed by atoms with Gasteiger partial charge in [0, 0.05) is 11.4 Å². The van der Waals surface area contributed by atoms with E-state index in [1.54, 1.807) is 22.9 Å². The van der Waals surface area contributed by atoms with Crippen molar-refractivity contribution in [2.75, 3.05) is 5.32 Å². The van der Waals surface area contributed by atoms with Crippen molar-refractivity contribution in [2.45, 2.75) is 6.54 Å². The molecule has 3 nitrogen and oxygen atoms in total. The maximum atomic E-state index is 13.0. The maximum absolute atomic E-state index is 13.0. The van der Waals surface area contributed by atoms with Gasteiger partial charge in [0.15, 0.2) is 5.13 Å². The van der Waals surface area contributed by atoms with E-state index in [0.29, 0.717) is 12.1 Å². The number of thiazole rings is 2. The summed E-state index contributed by atoms with van der Waals surface area (Å²) in [6.45, 7) is 0.645. The van der Waals surface area contributed by atoms with Crippen LogP contribution in [0.25, 0.3) is 10.2 Å². The van der Waals surface area contributed by atoms with E-state index in [4.69, 9.17) is 0 Å². The fourth-order valence-corrected chi connectivity index (χ4v) is 2.87. The van der Waals surface area contributed by atoms with Crippen LogP contribution in [-0.4, -0.2) is 9.97 Å². The van der Waals surface area contributed by atoms with Crippen molar-refractivity contribution in [1.82, 2.24) is 9.97 Å². The van der Waals surface area contributed by atoms with Gasteiger partial charge >= 0.3 is 0 Å². The molecule has 0 saturated heterocycles. The van der Waals surface area contributed by atoms with Crippen LogP contribution in [0.2, 0.25) is 0 Å². The van der Waals surface area contributed by atoms with Gasteiger partial charge in [0.25, 0.3) is 0 Å². The lowest BCUT2D eigenvalue weighted by molar-refractivity contribution is 0.629. The molecule has 1 aromatic carbocycles. The van der Waals surface area contributed by atoms with Crippen molar-refractivity contribution in [3.63, 3.8) is 0 Å². The lowest BCUT2D eigenvalue weighted by Gasteiger charge is -1.97. The molecule has 2 heterocycles. The van der Waals surface area contributed by atoms with E-state index in [2.05, 4.69) is 15.3 Å². The van der Waals surface area contributed by atoms with Gasteiger partial charge in [-0.2, -0.15) is 0 Å². The van der Waals surface area contributed by atoms with Gasteiger partial charge < -0.3 is 5.32 Å². The first-order chi connectivity index (χ1) is 8.31. The minimum absolute atomic E-state index is 0.256. The summed E-state index contributed by atoms with van der Waals surface area (Å²) in [5, 5.41) is 5.96. The predicted molar refractivity (Wildman–Crippen MR) is 69.0 cm³/mol. The number of halogens is 1. The van der Waals surface area contributed by atoms with Crippen LogP contribution < -0.4 is 5.32 Å². The summed E-state index contributed by atoms with van der Waals surface area (Å²) < 4.78 is 14.0. The summed E-state index contributed by atoms with van der Waals surface area (Å²) in [5.74, 6) is -0.256. The van der Waals surface area contributed by atoms with E-state index in [1.165, 1.54) is 23.5 Å². The molecule has 0 aliphatic heterocycles. The summed E-state index contributed by atoms with van der Waals surface area (Å²) in [4.78, 5) is 8.49. The zero-order chi connectivity index (χ0) is 11.7. The first kappa shape index (κ1) is 10.6. The standard InChI is InChI=1S/C11H8FN3S2/c12-7-1-2-10-9(3-7)15-11(17-10)13-4-8-5-16-6-14-8/h1-3,5-6H,4H2,(H,13,15). The number of rotatable bonds is 3. The highest BCUT2D eigenvalue weighted by molar-refractivity contribution is 7.22. The van der Waals surface area contributed by atoms with Crippen molar-refractivity contribution < 1.29 is 4.39 Å². The molecule has 0 amide bonds. The average Bonchev–Trinajstić information content (AvgIpc) is 2.94. The number of nitrogens with one attached hydrogen (secondary N) is 1. The number of hydrogen-bond donors (Lipinski definition) is 1. The Hall–Kier alpha value is -1.53. The Bertz CT molecular complexity index is 633. The SMILES string of the molecule is Fc1ccc2sc(NCc3cscn3)nc2c1. The van der Waals surface area contributed by atoms with Crippen LogP contribution in [-0.2, 0) is 6.54 Å². The molecule has 0 saturated carbocycles. The molecule has 0 spiro atoms. The molecule has 3 aromatic rings. The van der Waals surface area contributed by atoms with E-state index in [9.17, 15) is 4.39 Å². The summed E-state index contributed by atoms with van der Waals surface area (Å²) in [5.41, 5.74) is 3.47. The third-order valence-corrected chi connectivity index (χ3v) is 3.88. The van der Waals surface area contributed by atoms with Gasteiger partial charge in [-0.3, -0.25) is 0 Å². The molecule has 0 aliphatic rings. The van der Waals surface area contributed by atoms with Gasteiger partial charge in [0.2, 0.25) is 0 Å². The molecule has 2 aromatic heterocycles. The summed E-state index contributed by atoms with van der Waals surface area (Å²) in [7, 11) is 0. The number of hydrogen-bond acceptors (Lipinski definition) is 5. The first-order valence-electron chi connectivity index (χ1n) is 4.98. The molecule has 86 valence electrons. The average molecular weight is 265 g/mol. The Kier molecular flexibility index (Phi) is 2.74. The van der Waals surface area contributed by atoms with Gasteiger partial charge in [0.05, 0.1) is 28.0 Å². The number of benzene rings is 1. The molecule has 0 bridgehead atoms. The van der Waals surface area contributed by atoms with Crippen LogP contribution in [0.5, 0.6) is 0 Å². The fraction of sp³-hybridized carbons (Fsp3) is 0.0909. The Morgan fingerprint density at radius 3 is 3.12 bits per heavy atom. The fourth-order valence-electron chi connectivity index (χ4n) is 1.47. The molecule has 6 heteroatoms. The van der Waals surface area contributed by atoms with Crippen LogP contribution in [0, 0.1) is 5.82 Å². The molecule has 0 atom stereocenters. The van der Waals surface area contributed by atoms with Crippen molar-refractivity contribution >= 4 is 38.0 Å². The van der Waals surface area contributed by atoms with Gasteiger partial charge in [-0.05, 0) is 12.1 Å². The third kappa shape index (κ3) is 2.27. The molecule has 0 unspecified atom stereocenters. The second kappa shape index (κ2) is 4.38. The van der Waals surface area contributed by atoms with E-state index >= 15 is 0 Å². The molecule has 0 fully saturated rings. The minimum atomic E-state index is -0.256. The first-order valence-corrected chi connectivity index (χ1v) is 6.74. The number of nitrogens with zero attached hydrogens (tertiary/aromatic N) is 2. The molecule has 0 radical (unpaired) electrons. The highest BCUT2D eigenvalue weighted by Crippen LogP contribution is 2.26. The molecular formula is C11H8FN3S2. The second-order valence-electron chi connectivity index (χ2n) is 3.46. The monoisotopic (exact) mass is 265 g/mol. The van der Waals surface area contributed by atoms with E-state index in [0.717, 1.165) is 15.5 Å². The number of aromatic nitrogens is 2. The van der Waals surface area contributed by atoms with Crippen molar-refractivity contribution in [2.24, 2.45) is 0 Å². The Morgan fingerprint density at radius 2 is 2.29 bits per heavy atom. The van der Waals surface area contributed by atoms with Crippen molar-refractivity contribution in [1.29, 1.82) is 0 Å². The smallest absolute Gasteiger partial charge is 0.184 e. The number of fused-ring (bicyclic) bond motifs is 1. The highest BCUT2D eigenvalue weighted by atomic mass is 32.1. The molecular weight excluding hydrogens is 257 g/mol. The van der Waals surface area contributed by atoms with E-state index in [1.807, 2.05) is 5.38 Å². The topological polar surface area (TPSA) is 37.8 Å². The van der Waals surface area contributed by atoms with Gasteiger partial charge in [-0.25, -0.2) is 14.4 Å². The van der Waals surface area contributed by atoms with Gasteiger partial charge in [-0.1, -0.05) is 11.3 Å². The summed E-state index contributed by atoms with van der Waals surface area (Å²) >= 11 is 3.08. The van der Waals surface area contributed by atoms with Crippen LogP contribution in [0.3, 0.4) is 0 Å². The predicted octanol–water partition coefficient (Wildman–Crippen LogP) is 3.50. The van der Waals surface area contributed by atoms with Crippen LogP contribution in [0.4, 0.5) is 9.52 Å². The lowest BCUT2D eigenvalue weighted by Crippen LogP contribution is -1.98. The Balaban J connectivity index is 1.81. The summed E-state index contributed by atoms with van der Waals surface area (Å²) in [6.07, 6.45) is 0. The van der Waals surface area contributed by atoms with Gasteiger partial charge in [-0.15, -0.1) is 11.3 Å². The van der Waals surface area contributed by atoms with E-state index in [-0.39, 0.29) is 5.82 Å². The highest BCUT2D eigenvalue weighted by Gasteiger charge is 2.04. The zero-order valence-corrected chi connectivity index (χ0v) is 10.3. The quantitative estimate of drug-likeness (QED) is 0.787. The largest absolute Gasteiger partial charge is 0.356 e. The lowest BCUT2D eigenvalue weighted by atomic mass is 10.3. The molecule has 0 aliphatic carbocycles. The third-order valence-electron chi connectivity index (χ3n) is 2.25. The Labute approximate surface area is 105 Å². The normalized spacial score (nSPS) is 10.9. The molecule has 17 heavy (non-hydrogen) atoms. The van der Waals surface area contributed by atoms with Crippen LogP contribution >= 0.6 is 22.7 Å². The van der Waals surface area contributed by atoms with Crippen molar-refractivity contribution in [3.8, 4) is 0 Å². The number of anilines is 1. The van der Waals surface area contributed by atoms with Crippen LogP contribution in [0.15, 0.2) is 29.1 Å². The second-order valence-corrected chi connectivity index (χ2v) is 5.21. The van der Waals surface area contributed by atoms with Crippen LogP contribution in [0.1, 0.15) is 5.69 Å². The molecule has 1 N–H and O–H groups in total. The van der Waals surface area contributed by atoms with Crippen molar-refractivity contribution in [3.05, 3.63) is 40.6 Å². The summed E-state index contributed by atoms with van der Waals surface area (Å²) in [6, 6.07) is 4.64. The Morgan fingerprint density at radius 1 is 1.35 bits per heavy atom. The maximum Gasteiger partial charge on any atom is 0.184 e. The van der Waals surface area contributed by atoms with Gasteiger partial charge in [0.1, 0.15) is 5.82 Å². The van der Waals surface area contributed by atoms with E-state index < -0.39 is 0 Å². The molecule has 3 rings (SSSR count). The minimum Gasteiger partial charge on any atom is -0.356 e. The zero-order valence-electron chi connectivity index (χ0n) is 8.68.